The van der Waals surface area contributed by atoms with Crippen molar-refractivity contribution in [3.8, 4) is 16.6 Å². The Bertz CT molecular complexity index is 1220. The number of hydrogen-bond acceptors (Lipinski definition) is 9. The van der Waals surface area contributed by atoms with Crippen LogP contribution in [0.5, 0.6) is 0 Å². The monoisotopic (exact) mass is 527 g/mol. The van der Waals surface area contributed by atoms with E-state index in [1.807, 2.05) is 29.6 Å². The van der Waals surface area contributed by atoms with E-state index in [0.717, 1.165) is 47.5 Å². The Labute approximate surface area is 217 Å². The highest BCUT2D eigenvalue weighted by Gasteiger charge is 2.29. The molecule has 2 heterocycles. The van der Waals surface area contributed by atoms with Gasteiger partial charge in [0, 0.05) is 33.5 Å². The SMILES string of the molecule is N#Cc1c(N)nc(SCc2csc(-c3ccc(Cl)cc3)n2)c(C=N)c1[C@H]1CC[C@H](OCCO)CC1. The van der Waals surface area contributed by atoms with Crippen LogP contribution in [-0.2, 0) is 10.5 Å². The molecule has 7 nitrogen and oxygen atoms in total. The van der Waals surface area contributed by atoms with Crippen LogP contribution in [0.1, 0.15) is 54.0 Å². The van der Waals surface area contributed by atoms with Gasteiger partial charge in [-0.2, -0.15) is 5.26 Å². The molecule has 1 aromatic carbocycles. The van der Waals surface area contributed by atoms with Crippen molar-refractivity contribution in [2.45, 2.75) is 48.5 Å². The van der Waals surface area contributed by atoms with Crippen LogP contribution < -0.4 is 5.73 Å². The number of benzene rings is 1. The number of hydrogen-bond donors (Lipinski definition) is 3. The number of nitrogens with two attached hydrogens (primary N) is 1. The van der Waals surface area contributed by atoms with Crippen molar-refractivity contribution in [2.24, 2.45) is 0 Å². The summed E-state index contributed by atoms with van der Waals surface area (Å²) in [6.07, 6.45) is 4.73. The Morgan fingerprint density at radius 2 is 2.00 bits per heavy atom. The second-order valence-corrected chi connectivity index (χ2v) is 10.5. The molecule has 182 valence electrons. The maximum Gasteiger partial charge on any atom is 0.143 e. The van der Waals surface area contributed by atoms with E-state index in [9.17, 15) is 5.26 Å². The standard InChI is InChI=1S/C25H26ClN5O2S2/c26-17-5-1-16(2-6-17)24-30-18(13-34-24)14-35-25-21(12-28)22(20(11-27)23(29)31-25)15-3-7-19(8-4-15)33-10-9-32/h1-2,5-6,12-13,15,19,28,32H,3-4,7-10,14H2,(H2,29,31)/t15-,19-. The van der Waals surface area contributed by atoms with Crippen molar-refractivity contribution in [1.82, 2.24) is 9.97 Å². The molecule has 0 saturated heterocycles. The van der Waals surface area contributed by atoms with Crippen LogP contribution in [0.3, 0.4) is 0 Å². The number of thioether (sulfide) groups is 1. The average Bonchev–Trinajstić information content (AvgIpc) is 3.35. The molecule has 4 N–H and O–H groups in total. The van der Waals surface area contributed by atoms with Crippen LogP contribution in [0.2, 0.25) is 5.02 Å². The van der Waals surface area contributed by atoms with Gasteiger partial charge in [0.05, 0.1) is 30.6 Å². The first-order valence-corrected chi connectivity index (χ1v) is 13.6. The molecule has 1 fully saturated rings. The second kappa shape index (κ2) is 12.0. The lowest BCUT2D eigenvalue weighted by Gasteiger charge is -2.30. The number of aliphatic hydroxyl groups is 1. The van der Waals surface area contributed by atoms with Gasteiger partial charge in [0.2, 0.25) is 0 Å². The van der Waals surface area contributed by atoms with Crippen LogP contribution in [0.25, 0.3) is 10.6 Å². The molecule has 1 aliphatic carbocycles. The third-order valence-corrected chi connectivity index (χ3v) is 8.27. The third-order valence-electron chi connectivity index (χ3n) is 6.05. The van der Waals surface area contributed by atoms with Gasteiger partial charge in [-0.3, -0.25) is 0 Å². The van der Waals surface area contributed by atoms with Crippen molar-refractivity contribution in [3.63, 3.8) is 0 Å². The van der Waals surface area contributed by atoms with Crippen molar-refractivity contribution in [2.75, 3.05) is 18.9 Å². The highest BCUT2D eigenvalue weighted by atomic mass is 35.5. The number of halogens is 1. The number of aliphatic hydroxyl groups excluding tert-OH is 1. The lowest BCUT2D eigenvalue weighted by Crippen LogP contribution is -2.23. The van der Waals surface area contributed by atoms with Crippen molar-refractivity contribution in [1.29, 1.82) is 10.7 Å². The Balaban J connectivity index is 1.54. The molecule has 0 atom stereocenters. The summed E-state index contributed by atoms with van der Waals surface area (Å²) in [7, 11) is 0. The van der Waals surface area contributed by atoms with Gasteiger partial charge in [0.1, 0.15) is 21.9 Å². The minimum Gasteiger partial charge on any atom is -0.394 e. The Morgan fingerprint density at radius 3 is 2.66 bits per heavy atom. The summed E-state index contributed by atoms with van der Waals surface area (Å²) in [6.45, 7) is 0.349. The molecule has 0 unspecified atom stereocenters. The molecular formula is C25H26ClN5O2S2. The number of ether oxygens (including phenoxy) is 1. The average molecular weight is 528 g/mol. The largest absolute Gasteiger partial charge is 0.394 e. The maximum absolute atomic E-state index is 9.82. The van der Waals surface area contributed by atoms with Gasteiger partial charge in [-0.15, -0.1) is 11.3 Å². The molecule has 1 aliphatic rings. The normalized spacial score (nSPS) is 17.7. The first-order chi connectivity index (χ1) is 17.0. The van der Waals surface area contributed by atoms with E-state index in [0.29, 0.717) is 33.5 Å². The Hall–Kier alpha value is -2.48. The quantitative estimate of drug-likeness (QED) is 0.242. The molecule has 0 bridgehead atoms. The van der Waals surface area contributed by atoms with Crippen LogP contribution in [0.15, 0.2) is 34.7 Å². The van der Waals surface area contributed by atoms with E-state index in [1.165, 1.54) is 18.0 Å². The van der Waals surface area contributed by atoms with E-state index in [2.05, 4.69) is 11.1 Å². The van der Waals surface area contributed by atoms with Gasteiger partial charge < -0.3 is 21.0 Å². The van der Waals surface area contributed by atoms with Crippen LogP contribution in [0.4, 0.5) is 5.82 Å². The molecule has 4 rings (SSSR count). The van der Waals surface area contributed by atoms with Gasteiger partial charge in [-0.1, -0.05) is 35.5 Å². The molecule has 3 aromatic rings. The summed E-state index contributed by atoms with van der Waals surface area (Å²) in [6, 6.07) is 9.82. The fraction of sp³-hybridized carbons (Fsp3) is 0.360. The van der Waals surface area contributed by atoms with Crippen LogP contribution in [-0.4, -0.2) is 40.6 Å². The topological polar surface area (TPSA) is 129 Å². The fourth-order valence-corrected chi connectivity index (χ4v) is 6.36. The van der Waals surface area contributed by atoms with Gasteiger partial charge in [-0.25, -0.2) is 9.97 Å². The summed E-state index contributed by atoms with van der Waals surface area (Å²) >= 11 is 9.03. The third kappa shape index (κ3) is 6.02. The Morgan fingerprint density at radius 1 is 1.26 bits per heavy atom. The molecular weight excluding hydrogens is 502 g/mol. The van der Waals surface area contributed by atoms with E-state index < -0.39 is 0 Å². The molecule has 0 amide bonds. The van der Waals surface area contributed by atoms with Crippen molar-refractivity contribution in [3.05, 3.63) is 57.1 Å². The lowest BCUT2D eigenvalue weighted by atomic mass is 9.79. The summed E-state index contributed by atoms with van der Waals surface area (Å²) in [4.78, 5) is 9.23. The predicted octanol–water partition coefficient (Wildman–Crippen LogP) is 5.64. The summed E-state index contributed by atoms with van der Waals surface area (Å²) < 4.78 is 5.69. The van der Waals surface area contributed by atoms with E-state index >= 15 is 0 Å². The number of anilines is 1. The second-order valence-electron chi connectivity index (χ2n) is 8.27. The van der Waals surface area contributed by atoms with Crippen LogP contribution in [0, 0.1) is 16.7 Å². The molecule has 10 heteroatoms. The van der Waals surface area contributed by atoms with Crippen molar-refractivity contribution >= 4 is 46.7 Å². The van der Waals surface area contributed by atoms with Gasteiger partial charge in [-0.05, 0) is 49.3 Å². The number of thiazole rings is 1. The highest BCUT2D eigenvalue weighted by Crippen LogP contribution is 2.41. The predicted molar refractivity (Wildman–Crippen MR) is 141 cm³/mol. The highest BCUT2D eigenvalue weighted by molar-refractivity contribution is 7.98. The number of nitriles is 1. The van der Waals surface area contributed by atoms with Gasteiger partial charge in [0.25, 0.3) is 0 Å². The van der Waals surface area contributed by atoms with E-state index in [1.54, 1.807) is 11.3 Å². The maximum atomic E-state index is 9.82. The first kappa shape index (κ1) is 25.6. The number of nitrogen functional groups attached to an aromatic ring is 1. The molecule has 1 saturated carbocycles. The fourth-order valence-electron chi connectivity index (χ4n) is 4.38. The minimum absolute atomic E-state index is 0.0120. The Kier molecular flexibility index (Phi) is 8.76. The minimum atomic E-state index is 0.0120. The summed E-state index contributed by atoms with van der Waals surface area (Å²) in [5, 5.41) is 31.2. The number of nitrogens with one attached hydrogen (secondary N) is 1. The smallest absolute Gasteiger partial charge is 0.143 e. The number of pyridine rings is 1. The number of nitrogens with zero attached hydrogens (tertiary/aromatic N) is 3. The molecule has 0 aliphatic heterocycles. The lowest BCUT2D eigenvalue weighted by molar-refractivity contribution is 0.00577. The number of rotatable bonds is 9. The molecule has 0 radical (unpaired) electrons. The van der Waals surface area contributed by atoms with Crippen LogP contribution >= 0.6 is 34.7 Å². The van der Waals surface area contributed by atoms with Gasteiger partial charge in [0.15, 0.2) is 0 Å². The molecule has 0 spiro atoms. The van der Waals surface area contributed by atoms with Gasteiger partial charge >= 0.3 is 0 Å². The van der Waals surface area contributed by atoms with E-state index in [4.69, 9.17) is 37.6 Å². The van der Waals surface area contributed by atoms with E-state index in [-0.39, 0.29) is 24.4 Å². The summed E-state index contributed by atoms with van der Waals surface area (Å²) in [5.74, 6) is 0.884. The zero-order valence-electron chi connectivity index (χ0n) is 19.0. The zero-order chi connectivity index (χ0) is 24.8. The zero-order valence-corrected chi connectivity index (χ0v) is 21.4. The molecule has 2 aromatic heterocycles. The number of aromatic nitrogens is 2. The molecule has 35 heavy (non-hydrogen) atoms. The summed E-state index contributed by atoms with van der Waals surface area (Å²) in [5.41, 5.74) is 9.99. The van der Waals surface area contributed by atoms with Crippen molar-refractivity contribution < 1.29 is 9.84 Å². The first-order valence-electron chi connectivity index (χ1n) is 11.3.